The normalized spacial score (nSPS) is 21.6. The predicted molar refractivity (Wildman–Crippen MR) is 86.2 cm³/mol. The molecule has 1 aliphatic rings. The Morgan fingerprint density at radius 3 is 2.38 bits per heavy atom. The van der Waals surface area contributed by atoms with E-state index in [1.54, 1.807) is 8.61 Å². The monoisotopic (exact) mass is 320 g/mol. The maximum atomic E-state index is 13.0. The molecule has 126 valence electrons. The van der Waals surface area contributed by atoms with E-state index in [1.165, 1.54) is 0 Å². The molecular formula is C15H32N2O3S. The van der Waals surface area contributed by atoms with Crippen LogP contribution in [-0.4, -0.2) is 54.4 Å². The fourth-order valence-electron chi connectivity index (χ4n) is 3.02. The Morgan fingerprint density at radius 1 is 1.29 bits per heavy atom. The number of hydrogen-bond donors (Lipinski definition) is 1. The van der Waals surface area contributed by atoms with E-state index in [4.69, 9.17) is 0 Å². The van der Waals surface area contributed by atoms with Crippen molar-refractivity contribution in [1.82, 2.24) is 8.61 Å². The average Bonchev–Trinajstić information content (AvgIpc) is 2.47. The minimum atomic E-state index is -3.43. The number of rotatable bonds is 8. The third kappa shape index (κ3) is 4.91. The van der Waals surface area contributed by atoms with E-state index in [0.29, 0.717) is 25.6 Å². The number of hydrogen-bond acceptors (Lipinski definition) is 3. The Balaban J connectivity index is 2.97. The van der Waals surface area contributed by atoms with Crippen LogP contribution in [0.3, 0.4) is 0 Å². The van der Waals surface area contributed by atoms with Gasteiger partial charge >= 0.3 is 0 Å². The molecular weight excluding hydrogens is 288 g/mol. The van der Waals surface area contributed by atoms with Crippen LogP contribution >= 0.6 is 0 Å². The van der Waals surface area contributed by atoms with Gasteiger partial charge in [0.1, 0.15) is 0 Å². The number of aliphatic hydroxyl groups excluding tert-OH is 1. The van der Waals surface area contributed by atoms with Crippen LogP contribution in [0.5, 0.6) is 0 Å². The molecule has 0 radical (unpaired) electrons. The summed E-state index contributed by atoms with van der Waals surface area (Å²) in [5, 5.41) is 9.32. The average molecular weight is 320 g/mol. The van der Waals surface area contributed by atoms with Crippen molar-refractivity contribution in [1.29, 1.82) is 0 Å². The lowest BCUT2D eigenvalue weighted by atomic mass is 10.0. The van der Waals surface area contributed by atoms with E-state index in [-0.39, 0.29) is 18.6 Å². The standard InChI is InChI=1S/C15H32N2O3S/c1-5-15(6-2)17(10-13(3)4)21(19,20)16-9-7-8-14(11-16)12-18/h13-15,18H,5-12H2,1-4H3. The molecule has 1 saturated heterocycles. The summed E-state index contributed by atoms with van der Waals surface area (Å²) >= 11 is 0. The van der Waals surface area contributed by atoms with Crippen molar-refractivity contribution in [3.63, 3.8) is 0 Å². The second-order valence-electron chi connectivity index (χ2n) is 6.49. The van der Waals surface area contributed by atoms with Crippen molar-refractivity contribution in [2.24, 2.45) is 11.8 Å². The van der Waals surface area contributed by atoms with Crippen molar-refractivity contribution < 1.29 is 13.5 Å². The quantitative estimate of drug-likeness (QED) is 0.745. The first-order chi connectivity index (χ1) is 9.86. The molecule has 0 aromatic carbocycles. The highest BCUT2D eigenvalue weighted by Gasteiger charge is 2.36. The fraction of sp³-hybridized carbons (Fsp3) is 1.00. The van der Waals surface area contributed by atoms with Gasteiger partial charge in [0, 0.05) is 32.3 Å². The van der Waals surface area contributed by atoms with Gasteiger partial charge < -0.3 is 5.11 Å². The van der Waals surface area contributed by atoms with E-state index in [2.05, 4.69) is 13.8 Å². The molecule has 1 heterocycles. The zero-order valence-electron chi connectivity index (χ0n) is 14.0. The van der Waals surface area contributed by atoms with Crippen molar-refractivity contribution in [3.05, 3.63) is 0 Å². The zero-order chi connectivity index (χ0) is 16.0. The fourth-order valence-corrected chi connectivity index (χ4v) is 5.24. The second-order valence-corrected chi connectivity index (χ2v) is 8.37. The van der Waals surface area contributed by atoms with Crippen molar-refractivity contribution >= 4 is 10.2 Å². The Labute approximate surface area is 130 Å². The molecule has 0 aromatic rings. The molecule has 0 saturated carbocycles. The van der Waals surface area contributed by atoms with Crippen LogP contribution in [0.4, 0.5) is 0 Å². The third-order valence-corrected chi connectivity index (χ3v) is 6.28. The third-order valence-electron chi connectivity index (χ3n) is 4.26. The van der Waals surface area contributed by atoms with Gasteiger partial charge in [0.15, 0.2) is 0 Å². The minimum absolute atomic E-state index is 0.0619. The highest BCUT2D eigenvalue weighted by molar-refractivity contribution is 7.86. The summed E-state index contributed by atoms with van der Waals surface area (Å²) in [6.07, 6.45) is 3.42. The summed E-state index contributed by atoms with van der Waals surface area (Å²) in [5.74, 6) is 0.384. The molecule has 1 unspecified atom stereocenters. The van der Waals surface area contributed by atoms with Crippen LogP contribution in [0.25, 0.3) is 0 Å². The summed E-state index contributed by atoms with van der Waals surface area (Å²) in [5.41, 5.74) is 0. The van der Waals surface area contributed by atoms with Gasteiger partial charge in [-0.3, -0.25) is 0 Å². The van der Waals surface area contributed by atoms with E-state index >= 15 is 0 Å². The molecule has 0 aromatic heterocycles. The molecule has 1 atom stereocenters. The maximum Gasteiger partial charge on any atom is 0.282 e. The van der Waals surface area contributed by atoms with Crippen LogP contribution in [0.1, 0.15) is 53.4 Å². The first kappa shape index (κ1) is 18.9. The van der Waals surface area contributed by atoms with Crippen molar-refractivity contribution in [2.45, 2.75) is 59.4 Å². The molecule has 1 rings (SSSR count). The number of nitrogens with zero attached hydrogens (tertiary/aromatic N) is 2. The van der Waals surface area contributed by atoms with Crippen molar-refractivity contribution in [3.8, 4) is 0 Å². The first-order valence-corrected chi connectivity index (χ1v) is 9.64. The topological polar surface area (TPSA) is 60.9 Å². The summed E-state index contributed by atoms with van der Waals surface area (Å²) in [4.78, 5) is 0. The molecule has 0 aliphatic carbocycles. The van der Waals surface area contributed by atoms with E-state index in [1.807, 2.05) is 13.8 Å². The molecule has 21 heavy (non-hydrogen) atoms. The Bertz CT molecular complexity index is 394. The molecule has 6 heteroatoms. The van der Waals surface area contributed by atoms with Crippen LogP contribution in [-0.2, 0) is 10.2 Å². The summed E-state index contributed by atoms with van der Waals surface area (Å²) in [6.45, 7) is 9.86. The largest absolute Gasteiger partial charge is 0.396 e. The Hall–Kier alpha value is -0.170. The summed E-state index contributed by atoms with van der Waals surface area (Å²) in [6, 6.07) is 0.0619. The molecule has 1 fully saturated rings. The van der Waals surface area contributed by atoms with Crippen molar-refractivity contribution in [2.75, 3.05) is 26.2 Å². The van der Waals surface area contributed by atoms with Gasteiger partial charge in [-0.1, -0.05) is 27.7 Å². The maximum absolute atomic E-state index is 13.0. The van der Waals surface area contributed by atoms with Gasteiger partial charge in [-0.2, -0.15) is 17.0 Å². The molecule has 0 bridgehead atoms. The Kier molecular flexibility index (Phi) is 7.60. The summed E-state index contributed by atoms with van der Waals surface area (Å²) in [7, 11) is -3.43. The lowest BCUT2D eigenvalue weighted by Crippen LogP contribution is -2.52. The van der Waals surface area contributed by atoms with Gasteiger partial charge in [-0.05, 0) is 37.5 Å². The van der Waals surface area contributed by atoms with Crippen LogP contribution in [0.2, 0.25) is 0 Å². The lowest BCUT2D eigenvalue weighted by molar-refractivity contribution is 0.156. The van der Waals surface area contributed by atoms with Crippen LogP contribution in [0.15, 0.2) is 0 Å². The molecule has 5 nitrogen and oxygen atoms in total. The van der Waals surface area contributed by atoms with Gasteiger partial charge in [0.05, 0.1) is 0 Å². The van der Waals surface area contributed by atoms with Gasteiger partial charge in [0.2, 0.25) is 0 Å². The number of aliphatic hydroxyl groups is 1. The first-order valence-electron chi connectivity index (χ1n) is 8.24. The highest BCUT2D eigenvalue weighted by atomic mass is 32.2. The number of piperidine rings is 1. The van der Waals surface area contributed by atoms with Crippen LogP contribution in [0, 0.1) is 11.8 Å². The highest BCUT2D eigenvalue weighted by Crippen LogP contribution is 2.24. The minimum Gasteiger partial charge on any atom is -0.396 e. The smallest absolute Gasteiger partial charge is 0.282 e. The van der Waals surface area contributed by atoms with Gasteiger partial charge in [0.25, 0.3) is 10.2 Å². The SMILES string of the molecule is CCC(CC)N(CC(C)C)S(=O)(=O)N1CCCC(CO)C1. The van der Waals surface area contributed by atoms with Gasteiger partial charge in [-0.15, -0.1) is 0 Å². The molecule has 1 aliphatic heterocycles. The molecule has 1 N–H and O–H groups in total. The zero-order valence-corrected chi connectivity index (χ0v) is 14.8. The predicted octanol–water partition coefficient (Wildman–Crippen LogP) is 2.08. The van der Waals surface area contributed by atoms with Gasteiger partial charge in [-0.25, -0.2) is 0 Å². The lowest BCUT2D eigenvalue weighted by Gasteiger charge is -2.38. The molecule has 0 spiro atoms. The van der Waals surface area contributed by atoms with E-state index < -0.39 is 10.2 Å². The van der Waals surface area contributed by atoms with E-state index in [9.17, 15) is 13.5 Å². The molecule has 0 amide bonds. The Morgan fingerprint density at radius 2 is 1.90 bits per heavy atom. The second kappa shape index (κ2) is 8.46. The van der Waals surface area contributed by atoms with E-state index in [0.717, 1.165) is 25.7 Å². The van der Waals surface area contributed by atoms with Crippen LogP contribution < -0.4 is 0 Å². The summed E-state index contributed by atoms with van der Waals surface area (Å²) < 4.78 is 29.3.